The molecule has 2 aromatic carbocycles. The Morgan fingerprint density at radius 1 is 1.11 bits per heavy atom. The lowest BCUT2D eigenvalue weighted by Gasteiger charge is -2.15. The Balaban J connectivity index is 0.000000614. The second-order valence-corrected chi connectivity index (χ2v) is 5.62. The summed E-state index contributed by atoms with van der Waals surface area (Å²) in [6.07, 6.45) is 1.59. The van der Waals surface area contributed by atoms with Gasteiger partial charge in [0.05, 0.1) is 5.56 Å². The number of aromatic hydroxyl groups is 1. The highest BCUT2D eigenvalue weighted by Gasteiger charge is 2.31. The minimum Gasteiger partial charge on any atom is -0.505 e. The van der Waals surface area contributed by atoms with E-state index in [9.17, 15) is 14.3 Å². The molecule has 27 heavy (non-hydrogen) atoms. The predicted octanol–water partition coefficient (Wildman–Crippen LogP) is 5.29. The molecule has 1 aromatic heterocycles. The number of carbonyl (C=O) groups excluding carboxylic acids is 1. The maximum Gasteiger partial charge on any atom is 0.258 e. The molecule has 0 saturated carbocycles. The number of phenolic OH excluding ortho intramolecular Hbond substituents is 1. The van der Waals surface area contributed by atoms with Crippen LogP contribution in [0.15, 0.2) is 48.7 Å². The van der Waals surface area contributed by atoms with Crippen molar-refractivity contribution < 1.29 is 14.3 Å². The largest absolute Gasteiger partial charge is 0.505 e. The van der Waals surface area contributed by atoms with Crippen LogP contribution in [0.25, 0.3) is 10.9 Å². The van der Waals surface area contributed by atoms with E-state index in [4.69, 9.17) is 0 Å². The first kappa shape index (κ1) is 20.4. The van der Waals surface area contributed by atoms with Gasteiger partial charge in [0.25, 0.3) is 5.91 Å². The average molecular weight is 368 g/mol. The van der Waals surface area contributed by atoms with Crippen molar-refractivity contribution in [2.45, 2.75) is 40.8 Å². The SMILES string of the molecule is CC.CC.O=C1c2c(cc3cccnc3c2O)CN1Cc1ccc(F)cc1. The molecule has 0 unspecified atom stereocenters. The molecule has 4 rings (SSSR count). The van der Waals surface area contributed by atoms with Crippen molar-refractivity contribution in [2.24, 2.45) is 0 Å². The molecule has 4 nitrogen and oxygen atoms in total. The molecule has 0 fully saturated rings. The lowest BCUT2D eigenvalue weighted by molar-refractivity contribution is 0.0764. The van der Waals surface area contributed by atoms with Gasteiger partial charge in [-0.3, -0.25) is 9.78 Å². The van der Waals surface area contributed by atoms with Gasteiger partial charge in [0.1, 0.15) is 11.3 Å². The van der Waals surface area contributed by atoms with Gasteiger partial charge in [-0.2, -0.15) is 0 Å². The Bertz CT molecular complexity index is 923. The highest BCUT2D eigenvalue weighted by Crippen LogP contribution is 2.36. The van der Waals surface area contributed by atoms with Gasteiger partial charge < -0.3 is 10.0 Å². The van der Waals surface area contributed by atoms with Crippen molar-refractivity contribution in [3.8, 4) is 5.75 Å². The first-order valence-electron chi connectivity index (χ1n) is 9.27. The van der Waals surface area contributed by atoms with Crippen LogP contribution < -0.4 is 0 Å². The van der Waals surface area contributed by atoms with Crippen molar-refractivity contribution in [3.63, 3.8) is 0 Å². The molecule has 0 radical (unpaired) electrons. The highest BCUT2D eigenvalue weighted by atomic mass is 19.1. The third-order valence-electron chi connectivity index (χ3n) is 4.10. The van der Waals surface area contributed by atoms with Gasteiger partial charge in [-0.05, 0) is 35.4 Å². The maximum atomic E-state index is 13.0. The Kier molecular flexibility index (Phi) is 6.88. The minimum absolute atomic E-state index is 0.0651. The summed E-state index contributed by atoms with van der Waals surface area (Å²) < 4.78 is 13.0. The molecule has 0 bridgehead atoms. The molecule has 0 atom stereocenters. The first-order valence-corrected chi connectivity index (χ1v) is 9.27. The zero-order chi connectivity index (χ0) is 20.0. The first-order chi connectivity index (χ1) is 13.1. The molecule has 5 heteroatoms. The normalized spacial score (nSPS) is 12.0. The Hall–Kier alpha value is -2.95. The van der Waals surface area contributed by atoms with Crippen LogP contribution in [0.1, 0.15) is 49.2 Å². The van der Waals surface area contributed by atoms with Gasteiger partial charge in [-0.15, -0.1) is 0 Å². The number of carbonyl (C=O) groups is 1. The quantitative estimate of drug-likeness (QED) is 0.669. The van der Waals surface area contributed by atoms with Crippen LogP contribution in [0.2, 0.25) is 0 Å². The third-order valence-corrected chi connectivity index (χ3v) is 4.10. The number of hydrogen-bond donors (Lipinski definition) is 1. The second kappa shape index (κ2) is 9.12. The standard InChI is InChI=1S/C18H13FN2O2.2C2H6/c19-14-5-3-11(4-6-14)9-21-10-13-8-12-2-1-7-20-16(12)17(22)15(13)18(21)23;2*1-2/h1-8,22H,9-10H2;2*1-2H3. The summed E-state index contributed by atoms with van der Waals surface area (Å²) >= 11 is 0. The van der Waals surface area contributed by atoms with Crippen molar-refractivity contribution in [2.75, 3.05) is 0 Å². The van der Waals surface area contributed by atoms with Crippen LogP contribution in [0, 0.1) is 5.82 Å². The van der Waals surface area contributed by atoms with Crippen LogP contribution in [0.5, 0.6) is 5.75 Å². The molecule has 1 N–H and O–H groups in total. The topological polar surface area (TPSA) is 53.4 Å². The lowest BCUT2D eigenvalue weighted by Crippen LogP contribution is -2.23. The van der Waals surface area contributed by atoms with Gasteiger partial charge in [0.15, 0.2) is 5.75 Å². The molecule has 1 aliphatic heterocycles. The number of phenols is 1. The zero-order valence-electron chi connectivity index (χ0n) is 16.2. The summed E-state index contributed by atoms with van der Waals surface area (Å²) in [5.41, 5.74) is 2.38. The number of fused-ring (bicyclic) bond motifs is 2. The van der Waals surface area contributed by atoms with Crippen molar-refractivity contribution in [1.82, 2.24) is 9.88 Å². The molecule has 0 aliphatic carbocycles. The van der Waals surface area contributed by atoms with E-state index < -0.39 is 0 Å². The molecule has 2 heterocycles. The van der Waals surface area contributed by atoms with Crippen LogP contribution in [-0.2, 0) is 13.1 Å². The van der Waals surface area contributed by atoms with E-state index in [0.717, 1.165) is 16.5 Å². The van der Waals surface area contributed by atoms with Gasteiger partial charge >= 0.3 is 0 Å². The number of nitrogens with zero attached hydrogens (tertiary/aromatic N) is 2. The number of benzene rings is 2. The molecule has 1 amide bonds. The fourth-order valence-corrected chi connectivity index (χ4v) is 3.00. The second-order valence-electron chi connectivity index (χ2n) is 5.62. The third kappa shape index (κ3) is 4.08. The van der Waals surface area contributed by atoms with E-state index in [1.54, 1.807) is 29.3 Å². The smallest absolute Gasteiger partial charge is 0.258 e. The number of halogens is 1. The van der Waals surface area contributed by atoms with Gasteiger partial charge in [-0.1, -0.05) is 45.9 Å². The molecule has 0 spiro atoms. The minimum atomic E-state index is -0.306. The summed E-state index contributed by atoms with van der Waals surface area (Å²) in [4.78, 5) is 18.4. The average Bonchev–Trinajstić information content (AvgIpc) is 3.02. The van der Waals surface area contributed by atoms with Crippen LogP contribution in [0.3, 0.4) is 0 Å². The van der Waals surface area contributed by atoms with E-state index in [0.29, 0.717) is 24.2 Å². The monoisotopic (exact) mass is 368 g/mol. The molecule has 3 aromatic rings. The van der Waals surface area contributed by atoms with Crippen molar-refractivity contribution >= 4 is 16.8 Å². The lowest BCUT2D eigenvalue weighted by atomic mass is 10.0. The maximum absolute atomic E-state index is 13.0. The fraction of sp³-hybridized carbons (Fsp3) is 0.273. The summed E-state index contributed by atoms with van der Waals surface area (Å²) in [5.74, 6) is -0.598. The number of hydrogen-bond acceptors (Lipinski definition) is 3. The van der Waals surface area contributed by atoms with E-state index in [-0.39, 0.29) is 17.5 Å². The highest BCUT2D eigenvalue weighted by molar-refractivity contribution is 6.06. The van der Waals surface area contributed by atoms with Gasteiger partial charge in [-0.25, -0.2) is 4.39 Å². The van der Waals surface area contributed by atoms with Gasteiger partial charge in [0.2, 0.25) is 0 Å². The summed E-state index contributed by atoms with van der Waals surface area (Å²) in [7, 11) is 0. The van der Waals surface area contributed by atoms with Crippen molar-refractivity contribution in [3.05, 3.63) is 71.2 Å². The van der Waals surface area contributed by atoms with E-state index in [1.165, 1.54) is 12.1 Å². The molecular formula is C22H25FN2O2. The zero-order valence-corrected chi connectivity index (χ0v) is 16.2. The molecule has 0 saturated heterocycles. The Morgan fingerprint density at radius 3 is 2.44 bits per heavy atom. The van der Waals surface area contributed by atoms with Gasteiger partial charge in [0, 0.05) is 24.7 Å². The fourth-order valence-electron chi connectivity index (χ4n) is 3.00. The van der Waals surface area contributed by atoms with Crippen molar-refractivity contribution in [1.29, 1.82) is 0 Å². The number of aromatic nitrogens is 1. The molecular weight excluding hydrogens is 343 g/mol. The van der Waals surface area contributed by atoms with Crippen LogP contribution in [0.4, 0.5) is 4.39 Å². The number of rotatable bonds is 2. The summed E-state index contributed by atoms with van der Waals surface area (Å²) in [6.45, 7) is 8.79. The molecule has 1 aliphatic rings. The van der Waals surface area contributed by atoms with Crippen LogP contribution >= 0.6 is 0 Å². The summed E-state index contributed by atoms with van der Waals surface area (Å²) in [6, 6.07) is 11.6. The molecule has 142 valence electrons. The van der Waals surface area contributed by atoms with Crippen LogP contribution in [-0.4, -0.2) is 20.9 Å². The summed E-state index contributed by atoms with van der Waals surface area (Å²) in [5, 5.41) is 11.2. The van der Waals surface area contributed by atoms with E-state index >= 15 is 0 Å². The van der Waals surface area contributed by atoms with E-state index in [1.807, 2.05) is 39.8 Å². The van der Waals surface area contributed by atoms with E-state index in [2.05, 4.69) is 4.98 Å². The predicted molar refractivity (Wildman–Crippen MR) is 106 cm³/mol. The Labute approximate surface area is 159 Å². The number of amides is 1. The number of pyridine rings is 1. The Morgan fingerprint density at radius 2 is 1.78 bits per heavy atom.